The summed E-state index contributed by atoms with van der Waals surface area (Å²) in [5.74, 6) is 2.72. The average Bonchev–Trinajstić information content (AvgIpc) is 3.69. The minimum absolute atomic E-state index is 0.0138. The zero-order chi connectivity index (χ0) is 56.2. The van der Waals surface area contributed by atoms with Crippen molar-refractivity contribution >= 4 is 58.1 Å². The first-order valence-corrected chi connectivity index (χ1v) is 33.3. The lowest BCUT2D eigenvalue weighted by atomic mass is 9.62. The van der Waals surface area contributed by atoms with Crippen LogP contribution in [0, 0.1) is 22.2 Å². The maximum absolute atomic E-state index is 4.81. The maximum atomic E-state index is 4.81. The molecule has 0 bridgehead atoms. The molecule has 3 aromatic carbocycles. The lowest BCUT2D eigenvalue weighted by Crippen LogP contribution is -2.37. The molecule has 0 aliphatic heterocycles. The van der Waals surface area contributed by atoms with Crippen LogP contribution in [0.15, 0.2) is 151 Å². The Morgan fingerprint density at radius 1 is 0.842 bits per heavy atom. The Balaban J connectivity index is 1.64. The van der Waals surface area contributed by atoms with E-state index in [9.17, 15) is 0 Å². The van der Waals surface area contributed by atoms with Crippen LogP contribution < -0.4 is 20.9 Å². The maximum Gasteiger partial charge on any atom is 0.186 e. The number of hydrogen-bond acceptors (Lipinski definition) is 3. The molecule has 0 fully saturated rings. The van der Waals surface area contributed by atoms with E-state index in [1.807, 2.05) is 17.4 Å². The standard InChI is InChI=1S/C71H100BN2SSi/c1-22-24-27-50(3)52(23-2)28-26-44-72-64-59-47-54(67(8,9)10)32-35-63(59)75-65(64)74(55-29-25-38-68(11,12)40-41-69(13,14)39-36-55)56(46-51(4)66(5,6)7)37-45-73-62-49-61-60(70(15,16)42-43-71(61,17)18)48-58(62)53-30-33-57(34-31-53)76(19,20)21/h23,25-26,28-37,44-50,73H,2,4,22,24,27,38-43H2,1,3,5-21H3/b29-25-,44-26+,45-37+,52-28+,55-36+,56-46+. The highest BCUT2D eigenvalue weighted by Gasteiger charge is 2.38. The van der Waals surface area contributed by atoms with E-state index in [-0.39, 0.29) is 32.5 Å². The van der Waals surface area contributed by atoms with Crippen LogP contribution in [0.1, 0.15) is 185 Å². The minimum Gasteiger partial charge on any atom is -0.361 e. The van der Waals surface area contributed by atoms with Crippen LogP contribution in [0.4, 0.5) is 10.7 Å². The number of thiophene rings is 1. The summed E-state index contributed by atoms with van der Waals surface area (Å²) in [6.07, 6.45) is 31.1. The monoisotopic (exact) mass is 1050 g/mol. The number of hydrogen-bond donors (Lipinski definition) is 1. The Labute approximate surface area is 471 Å². The topological polar surface area (TPSA) is 15.3 Å². The molecule has 6 rings (SSSR count). The molecule has 1 atom stereocenters. The van der Waals surface area contributed by atoms with Crippen molar-refractivity contribution in [1.82, 2.24) is 0 Å². The molecule has 1 heterocycles. The van der Waals surface area contributed by atoms with Crippen molar-refractivity contribution in [3.8, 4) is 11.1 Å². The van der Waals surface area contributed by atoms with Gasteiger partial charge in [0, 0.05) is 33.5 Å². The highest BCUT2D eigenvalue weighted by molar-refractivity contribution is 7.24. The van der Waals surface area contributed by atoms with Gasteiger partial charge in [-0.25, -0.2) is 0 Å². The van der Waals surface area contributed by atoms with Gasteiger partial charge in [-0.05, 0) is 164 Å². The fraction of sp³-hybridized carbons (Fsp3) is 0.493. The molecule has 1 aromatic heterocycles. The number of fused-ring (bicyclic) bond motifs is 2. The molecule has 1 radical (unpaired) electrons. The van der Waals surface area contributed by atoms with Crippen molar-refractivity contribution in [2.75, 3.05) is 10.2 Å². The lowest BCUT2D eigenvalue weighted by molar-refractivity contribution is 0.241. The normalized spacial score (nSPS) is 19.7. The Bertz CT molecular complexity index is 2900. The van der Waals surface area contributed by atoms with E-state index in [0.717, 1.165) is 36.2 Å². The second-order valence-corrected chi connectivity index (χ2v) is 34.8. The zero-order valence-corrected chi connectivity index (χ0v) is 53.1. The Kier molecular flexibility index (Phi) is 19.0. The SMILES string of the molecule is C=C/C(=C\C=C\[B]c1c(N(C2=C/CC(C)(C)CCC(C)(C)C/C=C\2)C(/C=C/Nc2cc3c(cc2-c2ccc([Si](C)(C)C)cc2)C(C)(C)CCC3(C)C)=C/C(=C)C(C)(C)C)sc2ccc(C(C)(C)C)cc12)C(C)CCCC. The molecule has 2 aliphatic rings. The van der Waals surface area contributed by atoms with Gasteiger partial charge in [-0.15, -0.1) is 17.3 Å². The molecule has 2 nitrogen and oxygen atoms in total. The fourth-order valence-corrected chi connectivity index (χ4v) is 13.0. The van der Waals surface area contributed by atoms with Crippen molar-refractivity contribution in [2.24, 2.45) is 22.2 Å². The van der Waals surface area contributed by atoms with Gasteiger partial charge in [-0.2, -0.15) is 0 Å². The van der Waals surface area contributed by atoms with Crippen LogP contribution in [0.3, 0.4) is 0 Å². The van der Waals surface area contributed by atoms with Gasteiger partial charge in [0.2, 0.25) is 0 Å². The second-order valence-electron chi connectivity index (χ2n) is 28.7. The van der Waals surface area contributed by atoms with Crippen LogP contribution >= 0.6 is 11.3 Å². The Morgan fingerprint density at radius 2 is 1.47 bits per heavy atom. The second kappa shape index (κ2) is 23.8. The number of rotatable bonds is 17. The van der Waals surface area contributed by atoms with Gasteiger partial charge >= 0.3 is 0 Å². The Morgan fingerprint density at radius 3 is 2.07 bits per heavy atom. The summed E-state index contributed by atoms with van der Waals surface area (Å²) in [6.45, 7) is 54.3. The third-order valence-corrected chi connectivity index (χ3v) is 20.1. The van der Waals surface area contributed by atoms with E-state index >= 15 is 0 Å². The molecule has 5 heteroatoms. The van der Waals surface area contributed by atoms with Crippen molar-refractivity contribution in [3.05, 3.63) is 168 Å². The van der Waals surface area contributed by atoms with Gasteiger partial charge < -0.3 is 10.2 Å². The average molecular weight is 1050 g/mol. The summed E-state index contributed by atoms with van der Waals surface area (Å²) >= 11 is 1.89. The number of benzene rings is 3. The van der Waals surface area contributed by atoms with E-state index in [0.29, 0.717) is 5.92 Å². The quantitative estimate of drug-likeness (QED) is 0.0837. The van der Waals surface area contributed by atoms with Gasteiger partial charge in [0.05, 0.1) is 13.1 Å². The third kappa shape index (κ3) is 15.2. The van der Waals surface area contributed by atoms with Crippen molar-refractivity contribution in [1.29, 1.82) is 0 Å². The van der Waals surface area contributed by atoms with E-state index < -0.39 is 8.07 Å². The van der Waals surface area contributed by atoms with E-state index in [2.05, 4.69) is 264 Å². The van der Waals surface area contributed by atoms with Gasteiger partial charge in [0.15, 0.2) is 7.28 Å². The van der Waals surface area contributed by atoms with Crippen LogP contribution in [0.5, 0.6) is 0 Å². The predicted molar refractivity (Wildman–Crippen MR) is 347 cm³/mol. The smallest absolute Gasteiger partial charge is 0.186 e. The van der Waals surface area contributed by atoms with Gasteiger partial charge in [0.1, 0.15) is 0 Å². The molecule has 4 aromatic rings. The molecule has 1 unspecified atom stereocenters. The Hall–Kier alpha value is -4.58. The molecule has 76 heavy (non-hydrogen) atoms. The molecule has 0 spiro atoms. The highest BCUT2D eigenvalue weighted by Crippen LogP contribution is 2.49. The fourth-order valence-electron chi connectivity index (χ4n) is 10.6. The van der Waals surface area contributed by atoms with Crippen molar-refractivity contribution in [2.45, 2.75) is 204 Å². The van der Waals surface area contributed by atoms with Crippen LogP contribution in [-0.4, -0.2) is 15.4 Å². The largest absolute Gasteiger partial charge is 0.361 e. The lowest BCUT2D eigenvalue weighted by Gasteiger charge is -2.42. The number of nitrogens with zero attached hydrogens (tertiary/aromatic N) is 1. The van der Waals surface area contributed by atoms with E-state index in [1.54, 1.807) is 0 Å². The number of anilines is 2. The molecule has 0 saturated heterocycles. The molecule has 407 valence electrons. The first kappa shape index (κ1) is 60.6. The molecule has 2 aliphatic carbocycles. The minimum atomic E-state index is -1.49. The summed E-state index contributed by atoms with van der Waals surface area (Å²) < 4.78 is 1.27. The van der Waals surface area contributed by atoms with Crippen molar-refractivity contribution in [3.63, 3.8) is 0 Å². The summed E-state index contributed by atoms with van der Waals surface area (Å²) in [5, 5.41) is 7.94. The first-order chi connectivity index (χ1) is 35.3. The van der Waals surface area contributed by atoms with E-state index in [4.69, 9.17) is 6.58 Å². The number of allylic oxidation sites excluding steroid dienone is 10. The third-order valence-electron chi connectivity index (χ3n) is 16.9. The summed E-state index contributed by atoms with van der Waals surface area (Å²) in [7, 11) is 0.875. The van der Waals surface area contributed by atoms with Gasteiger partial charge in [-0.3, -0.25) is 0 Å². The molecular formula is C71H100BN2SSi. The molecular weight excluding hydrogens is 952 g/mol. The first-order valence-electron chi connectivity index (χ1n) is 29.0. The summed E-state index contributed by atoms with van der Waals surface area (Å²) in [4.78, 5) is 2.57. The molecule has 1 N–H and O–H groups in total. The number of nitrogens with one attached hydrogen (secondary N) is 1. The number of unbranched alkanes of at least 4 members (excludes halogenated alkanes) is 1. The zero-order valence-electron chi connectivity index (χ0n) is 51.3. The van der Waals surface area contributed by atoms with Gasteiger partial charge in [0.25, 0.3) is 0 Å². The van der Waals surface area contributed by atoms with Crippen LogP contribution in [0.2, 0.25) is 19.6 Å². The highest BCUT2D eigenvalue weighted by atomic mass is 32.1. The van der Waals surface area contributed by atoms with E-state index in [1.165, 1.54) is 103 Å². The predicted octanol–water partition coefficient (Wildman–Crippen LogP) is 20.5. The van der Waals surface area contributed by atoms with Crippen LogP contribution in [0.25, 0.3) is 21.2 Å². The van der Waals surface area contributed by atoms with Crippen molar-refractivity contribution < 1.29 is 0 Å². The summed E-state index contributed by atoms with van der Waals surface area (Å²) in [5.41, 5.74) is 14.0. The van der Waals surface area contributed by atoms with Crippen LogP contribution in [-0.2, 0) is 16.2 Å². The molecule has 0 saturated carbocycles. The van der Waals surface area contributed by atoms with Gasteiger partial charge in [-0.1, -0.05) is 228 Å². The summed E-state index contributed by atoms with van der Waals surface area (Å²) in [6, 6.07) is 21.7. The molecule has 0 amide bonds.